The lowest BCUT2D eigenvalue weighted by molar-refractivity contribution is -0.104. The fourth-order valence-electron chi connectivity index (χ4n) is 3.06. The van der Waals surface area contributed by atoms with E-state index in [4.69, 9.17) is 16.3 Å². The van der Waals surface area contributed by atoms with Crippen molar-refractivity contribution in [2.75, 3.05) is 6.54 Å². The van der Waals surface area contributed by atoms with Crippen LogP contribution in [-0.4, -0.2) is 29.4 Å². The zero-order valence-electron chi connectivity index (χ0n) is 16.5. The molecule has 1 aromatic rings. The topological polar surface area (TPSA) is 46.6 Å². The smallest absolute Gasteiger partial charge is 0.411 e. The lowest BCUT2D eigenvalue weighted by atomic mass is 9.88. The Balaban J connectivity index is 2.51. The molecule has 0 saturated carbocycles. The van der Waals surface area contributed by atoms with E-state index in [9.17, 15) is 9.59 Å². The summed E-state index contributed by atoms with van der Waals surface area (Å²) in [5.41, 5.74) is 2.55. The molecule has 146 valence electrons. The van der Waals surface area contributed by atoms with E-state index in [2.05, 4.69) is 6.58 Å². The first-order valence-electron chi connectivity index (χ1n) is 8.80. The molecule has 6 heteroatoms. The summed E-state index contributed by atoms with van der Waals surface area (Å²) in [6.45, 7) is 13.8. The first kappa shape index (κ1) is 21.6. The number of hydrogen-bond acceptors (Lipinski definition) is 4. The van der Waals surface area contributed by atoms with Gasteiger partial charge in [0, 0.05) is 16.5 Å². The van der Waals surface area contributed by atoms with Crippen LogP contribution < -0.4 is 0 Å². The largest absolute Gasteiger partial charge is 0.444 e. The first-order valence-corrected chi connectivity index (χ1v) is 10.00. The van der Waals surface area contributed by atoms with Gasteiger partial charge in [0.2, 0.25) is 0 Å². The fraction of sp³-hybridized carbons (Fsp3) is 0.429. The average Bonchev–Trinajstić information content (AvgIpc) is 2.58. The molecule has 0 N–H and O–H groups in total. The molecule has 1 aliphatic heterocycles. The van der Waals surface area contributed by atoms with Crippen LogP contribution in [0.25, 0.3) is 0 Å². The lowest BCUT2D eigenvalue weighted by Gasteiger charge is -2.39. The van der Waals surface area contributed by atoms with Gasteiger partial charge in [-0.3, -0.25) is 9.69 Å². The average molecular weight is 408 g/mol. The molecule has 0 aliphatic carbocycles. The van der Waals surface area contributed by atoms with Gasteiger partial charge >= 0.3 is 6.09 Å². The highest BCUT2D eigenvalue weighted by molar-refractivity contribution is 8.07. The maximum Gasteiger partial charge on any atom is 0.411 e. The van der Waals surface area contributed by atoms with Gasteiger partial charge in [0.25, 0.3) is 0 Å². The van der Waals surface area contributed by atoms with E-state index >= 15 is 0 Å². The second kappa shape index (κ2) is 8.53. The molecule has 0 spiro atoms. The summed E-state index contributed by atoms with van der Waals surface area (Å²) < 4.78 is 5.64. The number of fused-ring (bicyclic) bond motifs is 1. The van der Waals surface area contributed by atoms with Crippen LogP contribution in [0.3, 0.4) is 0 Å². The number of benzene rings is 1. The summed E-state index contributed by atoms with van der Waals surface area (Å²) in [5.74, 6) is 0. The van der Waals surface area contributed by atoms with Gasteiger partial charge in [0.05, 0.1) is 6.04 Å². The lowest BCUT2D eigenvalue weighted by Crippen LogP contribution is -2.43. The number of carbonyl (C=O) groups is 2. The molecule has 1 atom stereocenters. The number of rotatable bonds is 4. The minimum absolute atomic E-state index is 0.297. The van der Waals surface area contributed by atoms with Crippen molar-refractivity contribution in [1.82, 2.24) is 4.90 Å². The summed E-state index contributed by atoms with van der Waals surface area (Å²) in [7, 11) is 0. The predicted octanol–water partition coefficient (Wildman–Crippen LogP) is 5.91. The van der Waals surface area contributed by atoms with Gasteiger partial charge in [-0.25, -0.2) is 4.79 Å². The molecule has 0 saturated heterocycles. The molecule has 1 heterocycles. The number of halogens is 1. The Labute approximate surface area is 170 Å². The quantitative estimate of drug-likeness (QED) is 0.459. The number of amides is 1. The molecule has 0 fully saturated rings. The second-order valence-electron chi connectivity index (χ2n) is 7.59. The fourth-order valence-corrected chi connectivity index (χ4v) is 3.96. The van der Waals surface area contributed by atoms with Crippen LogP contribution in [0.4, 0.5) is 4.79 Å². The summed E-state index contributed by atoms with van der Waals surface area (Å²) in [6.07, 6.45) is 1.12. The van der Waals surface area contributed by atoms with Crippen molar-refractivity contribution >= 4 is 35.7 Å². The van der Waals surface area contributed by atoms with E-state index in [0.29, 0.717) is 16.5 Å². The van der Waals surface area contributed by atoms with Gasteiger partial charge in [-0.05, 0) is 74.8 Å². The van der Waals surface area contributed by atoms with Gasteiger partial charge in [0.1, 0.15) is 5.60 Å². The van der Waals surface area contributed by atoms with Crippen molar-refractivity contribution in [3.8, 4) is 0 Å². The van der Waals surface area contributed by atoms with E-state index in [1.54, 1.807) is 4.90 Å². The maximum absolute atomic E-state index is 12.9. The molecule has 1 aliphatic rings. The van der Waals surface area contributed by atoms with Gasteiger partial charge < -0.3 is 4.74 Å². The number of allylic oxidation sites excluding steroid dienone is 2. The first-order chi connectivity index (χ1) is 12.5. The highest BCUT2D eigenvalue weighted by atomic mass is 35.5. The zero-order chi connectivity index (χ0) is 20.4. The third kappa shape index (κ3) is 5.39. The molecule has 0 bridgehead atoms. The number of nitrogens with zero attached hydrogens (tertiary/aromatic N) is 1. The summed E-state index contributed by atoms with van der Waals surface area (Å²) >= 11 is 7.56. The van der Waals surface area contributed by atoms with E-state index < -0.39 is 5.60 Å². The summed E-state index contributed by atoms with van der Waals surface area (Å²) in [4.78, 5) is 27.0. The number of hydrogen-bond donors (Lipinski definition) is 0. The predicted molar refractivity (Wildman–Crippen MR) is 112 cm³/mol. The van der Waals surface area contributed by atoms with Crippen molar-refractivity contribution in [3.05, 3.63) is 56.3 Å². The SMILES string of the molecule is C=C(C=O)S/C(C)=C(\C)C1c2cc(Cl)ccc2CCN1C(=O)OC(C)(C)C. The Morgan fingerprint density at radius 3 is 2.63 bits per heavy atom. The van der Waals surface area contributed by atoms with Crippen molar-refractivity contribution in [2.24, 2.45) is 0 Å². The molecule has 27 heavy (non-hydrogen) atoms. The highest BCUT2D eigenvalue weighted by Gasteiger charge is 2.35. The monoisotopic (exact) mass is 407 g/mol. The molecule has 4 nitrogen and oxygen atoms in total. The second-order valence-corrected chi connectivity index (χ2v) is 9.37. The summed E-state index contributed by atoms with van der Waals surface area (Å²) in [6, 6.07) is 5.50. The molecular formula is C21H26ClNO3S. The summed E-state index contributed by atoms with van der Waals surface area (Å²) in [5, 5.41) is 0.625. The molecular weight excluding hydrogens is 382 g/mol. The van der Waals surface area contributed by atoms with Crippen molar-refractivity contribution in [2.45, 2.75) is 52.7 Å². The maximum atomic E-state index is 12.9. The van der Waals surface area contributed by atoms with Crippen molar-refractivity contribution < 1.29 is 14.3 Å². The standard InChI is InChI=1S/C21H26ClNO3S/c1-13(12-24)27-15(3)14(2)19-18-11-17(22)8-7-16(18)9-10-23(19)20(25)26-21(4,5)6/h7-8,11-12,19H,1,9-10H2,2-6H3/b15-14+. The van der Waals surface area contributed by atoms with Crippen LogP contribution in [-0.2, 0) is 16.0 Å². The van der Waals surface area contributed by atoms with Gasteiger partial charge in [-0.15, -0.1) is 0 Å². The van der Waals surface area contributed by atoms with E-state index in [1.807, 2.05) is 52.8 Å². The van der Waals surface area contributed by atoms with Crippen LogP contribution >= 0.6 is 23.4 Å². The molecule has 1 aromatic carbocycles. The van der Waals surface area contributed by atoms with Gasteiger partial charge in [-0.2, -0.15) is 0 Å². The Hall–Kier alpha value is -1.72. The normalized spacial score (nSPS) is 17.7. The van der Waals surface area contributed by atoms with Gasteiger partial charge in [-0.1, -0.05) is 36.0 Å². The van der Waals surface area contributed by atoms with E-state index in [-0.39, 0.29) is 12.1 Å². The third-order valence-electron chi connectivity index (χ3n) is 4.35. The van der Waals surface area contributed by atoms with E-state index in [1.165, 1.54) is 11.8 Å². The minimum Gasteiger partial charge on any atom is -0.444 e. The van der Waals surface area contributed by atoms with Crippen LogP contribution in [0.15, 0.2) is 40.2 Å². The van der Waals surface area contributed by atoms with Crippen LogP contribution in [0, 0.1) is 0 Å². The number of thioether (sulfide) groups is 1. The Morgan fingerprint density at radius 1 is 1.37 bits per heavy atom. The number of ether oxygens (including phenoxy) is 1. The molecule has 1 unspecified atom stereocenters. The third-order valence-corrected chi connectivity index (χ3v) is 5.57. The highest BCUT2D eigenvalue weighted by Crippen LogP contribution is 2.41. The van der Waals surface area contributed by atoms with Gasteiger partial charge in [0.15, 0.2) is 6.29 Å². The Morgan fingerprint density at radius 2 is 2.04 bits per heavy atom. The number of carbonyl (C=O) groups excluding carboxylic acids is 2. The minimum atomic E-state index is -0.580. The molecule has 0 radical (unpaired) electrons. The molecule has 1 amide bonds. The Bertz CT molecular complexity index is 795. The van der Waals surface area contributed by atoms with Crippen LogP contribution in [0.2, 0.25) is 5.02 Å². The van der Waals surface area contributed by atoms with Crippen molar-refractivity contribution in [1.29, 1.82) is 0 Å². The van der Waals surface area contributed by atoms with E-state index in [0.717, 1.165) is 34.3 Å². The number of aldehydes is 1. The Kier molecular flexibility index (Phi) is 6.82. The molecule has 0 aromatic heterocycles. The van der Waals surface area contributed by atoms with Crippen molar-refractivity contribution in [3.63, 3.8) is 0 Å². The van der Waals surface area contributed by atoms with Crippen LogP contribution in [0.1, 0.15) is 51.8 Å². The molecule has 2 rings (SSSR count). The zero-order valence-corrected chi connectivity index (χ0v) is 18.0. The van der Waals surface area contributed by atoms with Crippen LogP contribution in [0.5, 0.6) is 0 Å².